The second kappa shape index (κ2) is 6.92. The number of fused-ring (bicyclic) bond motifs is 1. The molecule has 1 aromatic heterocycles. The number of anilines is 1. The van der Waals surface area contributed by atoms with Crippen molar-refractivity contribution >= 4 is 29.4 Å². The highest BCUT2D eigenvalue weighted by molar-refractivity contribution is 7.98. The normalized spacial score (nSPS) is 12.5. The predicted molar refractivity (Wildman–Crippen MR) is 95.1 cm³/mol. The number of nitrogens with one attached hydrogen (secondary N) is 2. The summed E-state index contributed by atoms with van der Waals surface area (Å²) in [6, 6.07) is 7.80. The molecule has 0 atom stereocenters. The van der Waals surface area contributed by atoms with Crippen LogP contribution >= 0.6 is 11.8 Å². The molecule has 24 heavy (non-hydrogen) atoms. The predicted octanol–water partition coefficient (Wildman–Crippen LogP) is 2.17. The summed E-state index contributed by atoms with van der Waals surface area (Å²) in [6.45, 7) is 5.75. The van der Waals surface area contributed by atoms with Gasteiger partial charge in [-0.3, -0.25) is 9.59 Å². The Bertz CT molecular complexity index is 813. The standard InChI is InChI=1S/C17H18N4O2S/c1-3-8-18-16(22)17(23)19-15-12-9-24-10-13(12)20-21(15)14-7-5-4-6-11(14)2/h3-7H,1,8-10H2,2H3,(H,18,22)(H,19,23). The molecule has 0 bridgehead atoms. The smallest absolute Gasteiger partial charge is 0.314 e. The number of carbonyl (C=O) groups excluding carboxylic acids is 2. The molecule has 0 radical (unpaired) electrons. The van der Waals surface area contributed by atoms with Gasteiger partial charge in [0, 0.05) is 23.6 Å². The van der Waals surface area contributed by atoms with Gasteiger partial charge in [0.2, 0.25) is 0 Å². The quantitative estimate of drug-likeness (QED) is 0.659. The number of hydrogen-bond acceptors (Lipinski definition) is 4. The number of carbonyl (C=O) groups is 2. The van der Waals surface area contributed by atoms with Crippen LogP contribution in [0.15, 0.2) is 36.9 Å². The maximum absolute atomic E-state index is 12.2. The van der Waals surface area contributed by atoms with Crippen molar-refractivity contribution in [2.75, 3.05) is 11.9 Å². The minimum Gasteiger partial charge on any atom is -0.344 e. The van der Waals surface area contributed by atoms with Gasteiger partial charge in [-0.25, -0.2) is 4.68 Å². The summed E-state index contributed by atoms with van der Waals surface area (Å²) in [6.07, 6.45) is 1.52. The van der Waals surface area contributed by atoms with Gasteiger partial charge in [-0.05, 0) is 18.6 Å². The Kier molecular flexibility index (Phi) is 4.71. The molecular weight excluding hydrogens is 324 g/mol. The SMILES string of the molecule is C=CCNC(=O)C(=O)Nc1c2c(nn1-c1ccccc1C)CSC2. The first-order valence-electron chi connectivity index (χ1n) is 7.56. The van der Waals surface area contributed by atoms with E-state index >= 15 is 0 Å². The van der Waals surface area contributed by atoms with E-state index in [2.05, 4.69) is 22.3 Å². The van der Waals surface area contributed by atoms with Crippen LogP contribution in [0.1, 0.15) is 16.8 Å². The Morgan fingerprint density at radius 1 is 1.33 bits per heavy atom. The number of thioether (sulfide) groups is 1. The second-order valence-electron chi connectivity index (χ2n) is 5.42. The molecule has 0 aliphatic carbocycles. The van der Waals surface area contributed by atoms with Crippen LogP contribution in [0.4, 0.5) is 5.82 Å². The van der Waals surface area contributed by atoms with Crippen molar-refractivity contribution in [2.45, 2.75) is 18.4 Å². The van der Waals surface area contributed by atoms with Gasteiger partial charge in [0.1, 0.15) is 5.82 Å². The van der Waals surface area contributed by atoms with E-state index in [1.807, 2.05) is 31.2 Å². The molecule has 2 amide bonds. The van der Waals surface area contributed by atoms with Crippen LogP contribution in [0.5, 0.6) is 0 Å². The largest absolute Gasteiger partial charge is 0.344 e. The number of aromatic nitrogens is 2. The van der Waals surface area contributed by atoms with Gasteiger partial charge < -0.3 is 10.6 Å². The first kappa shape index (κ1) is 16.3. The lowest BCUT2D eigenvalue weighted by atomic mass is 10.2. The van der Waals surface area contributed by atoms with E-state index in [-0.39, 0.29) is 6.54 Å². The van der Waals surface area contributed by atoms with Crippen molar-refractivity contribution in [1.29, 1.82) is 0 Å². The first-order chi connectivity index (χ1) is 11.6. The Hall–Kier alpha value is -2.54. The molecule has 2 heterocycles. The minimum absolute atomic E-state index is 0.247. The third-order valence-electron chi connectivity index (χ3n) is 3.74. The van der Waals surface area contributed by atoms with E-state index < -0.39 is 11.8 Å². The minimum atomic E-state index is -0.703. The lowest BCUT2D eigenvalue weighted by Gasteiger charge is -2.12. The molecule has 2 N–H and O–H groups in total. The summed E-state index contributed by atoms with van der Waals surface area (Å²) in [5.41, 5.74) is 3.86. The molecule has 1 aliphatic heterocycles. The number of aryl methyl sites for hydroxylation is 1. The molecule has 2 aromatic rings. The highest BCUT2D eigenvalue weighted by Crippen LogP contribution is 2.36. The van der Waals surface area contributed by atoms with Crippen LogP contribution in [-0.2, 0) is 21.1 Å². The van der Waals surface area contributed by atoms with Crippen molar-refractivity contribution in [3.05, 3.63) is 53.7 Å². The molecule has 124 valence electrons. The molecule has 0 spiro atoms. The van der Waals surface area contributed by atoms with E-state index in [1.54, 1.807) is 16.4 Å². The Morgan fingerprint density at radius 2 is 2.12 bits per heavy atom. The topological polar surface area (TPSA) is 76.0 Å². The van der Waals surface area contributed by atoms with Crippen LogP contribution < -0.4 is 10.6 Å². The summed E-state index contributed by atoms with van der Waals surface area (Å²) < 4.78 is 1.72. The number of rotatable bonds is 4. The molecule has 6 nitrogen and oxygen atoms in total. The summed E-state index contributed by atoms with van der Waals surface area (Å²) >= 11 is 1.74. The molecule has 0 fully saturated rings. The number of amides is 2. The van der Waals surface area contributed by atoms with Crippen LogP contribution in [0.25, 0.3) is 5.69 Å². The van der Waals surface area contributed by atoms with E-state index in [1.165, 1.54) is 6.08 Å². The highest BCUT2D eigenvalue weighted by Gasteiger charge is 2.26. The third-order valence-corrected chi connectivity index (χ3v) is 4.71. The van der Waals surface area contributed by atoms with Crippen molar-refractivity contribution in [1.82, 2.24) is 15.1 Å². The maximum atomic E-state index is 12.2. The highest BCUT2D eigenvalue weighted by atomic mass is 32.2. The van der Waals surface area contributed by atoms with Crippen molar-refractivity contribution in [3.63, 3.8) is 0 Å². The van der Waals surface area contributed by atoms with Gasteiger partial charge >= 0.3 is 11.8 Å². The van der Waals surface area contributed by atoms with Gasteiger partial charge in [0.05, 0.1) is 11.4 Å². The van der Waals surface area contributed by atoms with Gasteiger partial charge in [0.25, 0.3) is 0 Å². The van der Waals surface area contributed by atoms with Crippen LogP contribution in [0.3, 0.4) is 0 Å². The zero-order valence-electron chi connectivity index (χ0n) is 13.3. The summed E-state index contributed by atoms with van der Waals surface area (Å²) in [5.74, 6) is 0.756. The van der Waals surface area contributed by atoms with Gasteiger partial charge in [-0.15, -0.1) is 6.58 Å². The molecular formula is C17H18N4O2S. The van der Waals surface area contributed by atoms with Gasteiger partial charge in [0.15, 0.2) is 0 Å². The monoisotopic (exact) mass is 342 g/mol. The Balaban J connectivity index is 1.95. The number of benzene rings is 1. The molecule has 0 unspecified atom stereocenters. The van der Waals surface area contributed by atoms with E-state index in [0.717, 1.165) is 34.0 Å². The maximum Gasteiger partial charge on any atom is 0.314 e. The summed E-state index contributed by atoms with van der Waals surface area (Å²) in [4.78, 5) is 24.0. The van der Waals surface area contributed by atoms with E-state index in [4.69, 9.17) is 0 Å². The average Bonchev–Trinajstić information content (AvgIpc) is 3.15. The molecule has 0 saturated carbocycles. The summed E-state index contributed by atoms with van der Waals surface area (Å²) in [7, 11) is 0. The first-order valence-corrected chi connectivity index (χ1v) is 8.72. The van der Waals surface area contributed by atoms with Gasteiger partial charge in [-0.1, -0.05) is 24.3 Å². The molecule has 3 rings (SSSR count). The Morgan fingerprint density at radius 3 is 2.88 bits per heavy atom. The van der Waals surface area contributed by atoms with E-state index in [0.29, 0.717) is 5.82 Å². The van der Waals surface area contributed by atoms with Gasteiger partial charge in [-0.2, -0.15) is 16.9 Å². The zero-order chi connectivity index (χ0) is 17.1. The van der Waals surface area contributed by atoms with E-state index in [9.17, 15) is 9.59 Å². The fraction of sp³-hybridized carbons (Fsp3) is 0.235. The third kappa shape index (κ3) is 3.07. The van der Waals surface area contributed by atoms with Crippen molar-refractivity contribution in [2.24, 2.45) is 0 Å². The molecule has 1 aliphatic rings. The lowest BCUT2D eigenvalue weighted by molar-refractivity contribution is -0.136. The fourth-order valence-electron chi connectivity index (χ4n) is 2.53. The fourth-order valence-corrected chi connectivity index (χ4v) is 3.56. The Labute approximate surface area is 144 Å². The number of para-hydroxylation sites is 1. The second-order valence-corrected chi connectivity index (χ2v) is 6.40. The number of hydrogen-bond donors (Lipinski definition) is 2. The van der Waals surface area contributed by atoms with Crippen molar-refractivity contribution < 1.29 is 9.59 Å². The molecule has 0 saturated heterocycles. The van der Waals surface area contributed by atoms with Crippen LogP contribution in [-0.4, -0.2) is 28.1 Å². The average molecular weight is 342 g/mol. The van der Waals surface area contributed by atoms with Crippen LogP contribution in [0, 0.1) is 6.92 Å². The zero-order valence-corrected chi connectivity index (χ0v) is 14.2. The molecule has 7 heteroatoms. The van der Waals surface area contributed by atoms with Crippen molar-refractivity contribution in [3.8, 4) is 5.69 Å². The summed E-state index contributed by atoms with van der Waals surface area (Å²) in [5, 5.41) is 9.84. The molecule has 1 aromatic carbocycles. The lowest BCUT2D eigenvalue weighted by Crippen LogP contribution is -2.36. The van der Waals surface area contributed by atoms with Crippen LogP contribution in [0.2, 0.25) is 0 Å². The number of nitrogens with zero attached hydrogens (tertiary/aromatic N) is 2.